The third-order valence-electron chi connectivity index (χ3n) is 4.99. The van der Waals surface area contributed by atoms with Crippen molar-refractivity contribution in [3.63, 3.8) is 0 Å². The Kier molecular flexibility index (Phi) is 6.65. The molecule has 6 nitrogen and oxygen atoms in total. The zero-order chi connectivity index (χ0) is 20.8. The number of aryl methyl sites for hydroxylation is 1. The van der Waals surface area contributed by atoms with Crippen LogP contribution in [0.2, 0.25) is 0 Å². The highest BCUT2D eigenvalue weighted by Gasteiger charge is 2.28. The SMILES string of the molecule is CC(C)[C@@H](NC(=O)c1ccccc1)C(=O)OCC(=O)N1CCCc2ccccc21. The maximum absolute atomic E-state index is 12.7. The molecule has 1 aliphatic rings. The van der Waals surface area contributed by atoms with Crippen LogP contribution in [0.15, 0.2) is 54.6 Å². The van der Waals surface area contributed by atoms with E-state index < -0.39 is 12.0 Å². The summed E-state index contributed by atoms with van der Waals surface area (Å²) >= 11 is 0. The quantitative estimate of drug-likeness (QED) is 0.765. The lowest BCUT2D eigenvalue weighted by Crippen LogP contribution is -2.46. The summed E-state index contributed by atoms with van der Waals surface area (Å²) in [4.78, 5) is 39.3. The zero-order valence-corrected chi connectivity index (χ0v) is 16.8. The van der Waals surface area contributed by atoms with Crippen LogP contribution in [0.1, 0.15) is 36.2 Å². The number of ether oxygens (including phenoxy) is 1. The highest BCUT2D eigenvalue weighted by atomic mass is 16.5. The van der Waals surface area contributed by atoms with E-state index in [9.17, 15) is 14.4 Å². The number of rotatable bonds is 6. The van der Waals surface area contributed by atoms with Gasteiger partial charge in [-0.2, -0.15) is 0 Å². The third kappa shape index (κ3) is 5.02. The first-order valence-corrected chi connectivity index (χ1v) is 9.88. The molecule has 0 saturated carbocycles. The maximum Gasteiger partial charge on any atom is 0.329 e. The molecule has 0 radical (unpaired) electrons. The van der Waals surface area contributed by atoms with Gasteiger partial charge in [0, 0.05) is 17.8 Å². The lowest BCUT2D eigenvalue weighted by Gasteiger charge is -2.29. The molecule has 0 unspecified atom stereocenters. The number of benzene rings is 2. The Bertz CT molecular complexity index is 879. The number of anilines is 1. The molecule has 3 rings (SSSR count). The average Bonchev–Trinajstić information content (AvgIpc) is 2.75. The van der Waals surface area contributed by atoms with E-state index in [1.807, 2.05) is 44.2 Å². The number of carbonyl (C=O) groups excluding carboxylic acids is 3. The number of hydrogen-bond acceptors (Lipinski definition) is 4. The topological polar surface area (TPSA) is 75.7 Å². The molecule has 6 heteroatoms. The zero-order valence-electron chi connectivity index (χ0n) is 16.8. The van der Waals surface area contributed by atoms with E-state index in [1.54, 1.807) is 29.2 Å². The molecule has 0 aromatic heterocycles. The predicted molar refractivity (Wildman–Crippen MR) is 111 cm³/mol. The summed E-state index contributed by atoms with van der Waals surface area (Å²) in [6.07, 6.45) is 1.80. The molecule has 1 heterocycles. The van der Waals surface area contributed by atoms with Gasteiger partial charge < -0.3 is 15.0 Å². The molecule has 0 saturated heterocycles. The first-order valence-electron chi connectivity index (χ1n) is 9.88. The molecule has 0 aliphatic carbocycles. The van der Waals surface area contributed by atoms with Crippen molar-refractivity contribution in [2.75, 3.05) is 18.1 Å². The van der Waals surface area contributed by atoms with Gasteiger partial charge in [-0.25, -0.2) is 4.79 Å². The molecule has 152 valence electrons. The molecule has 2 aromatic carbocycles. The van der Waals surface area contributed by atoms with Crippen LogP contribution in [0, 0.1) is 5.92 Å². The lowest BCUT2D eigenvalue weighted by molar-refractivity contribution is -0.150. The number of esters is 1. The molecule has 1 N–H and O–H groups in total. The van der Waals surface area contributed by atoms with Crippen LogP contribution in [0.3, 0.4) is 0 Å². The van der Waals surface area contributed by atoms with E-state index >= 15 is 0 Å². The van der Waals surface area contributed by atoms with E-state index in [1.165, 1.54) is 0 Å². The van der Waals surface area contributed by atoms with Crippen LogP contribution in [0.4, 0.5) is 5.69 Å². The molecule has 29 heavy (non-hydrogen) atoms. The summed E-state index contributed by atoms with van der Waals surface area (Å²) in [5.41, 5.74) is 2.46. The molecule has 2 aromatic rings. The molecule has 0 spiro atoms. The maximum atomic E-state index is 12.7. The summed E-state index contributed by atoms with van der Waals surface area (Å²) in [5, 5.41) is 2.71. The van der Waals surface area contributed by atoms with E-state index in [-0.39, 0.29) is 24.3 Å². The van der Waals surface area contributed by atoms with Crippen molar-refractivity contribution in [1.29, 1.82) is 0 Å². The van der Waals surface area contributed by atoms with Crippen LogP contribution in [-0.4, -0.2) is 37.0 Å². The van der Waals surface area contributed by atoms with Crippen molar-refractivity contribution in [1.82, 2.24) is 5.32 Å². The van der Waals surface area contributed by atoms with E-state index in [4.69, 9.17) is 4.74 Å². The molecule has 0 bridgehead atoms. The van der Waals surface area contributed by atoms with E-state index in [0.717, 1.165) is 24.1 Å². The number of hydrogen-bond donors (Lipinski definition) is 1. The smallest absolute Gasteiger partial charge is 0.329 e. The summed E-state index contributed by atoms with van der Waals surface area (Å²) < 4.78 is 5.29. The fourth-order valence-electron chi connectivity index (χ4n) is 3.41. The Morgan fingerprint density at radius 2 is 1.72 bits per heavy atom. The van der Waals surface area contributed by atoms with Crippen molar-refractivity contribution in [3.8, 4) is 0 Å². The third-order valence-corrected chi connectivity index (χ3v) is 4.99. The van der Waals surface area contributed by atoms with Crippen LogP contribution in [0.25, 0.3) is 0 Å². The first kappa shape index (κ1) is 20.6. The molecule has 2 amide bonds. The minimum Gasteiger partial charge on any atom is -0.454 e. The van der Waals surface area contributed by atoms with Gasteiger partial charge in [-0.3, -0.25) is 9.59 Å². The van der Waals surface area contributed by atoms with E-state index in [0.29, 0.717) is 12.1 Å². The highest BCUT2D eigenvalue weighted by Crippen LogP contribution is 2.26. The lowest BCUT2D eigenvalue weighted by atomic mass is 10.0. The predicted octanol–water partition coefficient (Wildman–Crippen LogP) is 2.96. The number of carbonyl (C=O) groups is 3. The van der Waals surface area contributed by atoms with Gasteiger partial charge in [-0.05, 0) is 42.5 Å². The van der Waals surface area contributed by atoms with Crippen molar-refractivity contribution in [2.45, 2.75) is 32.7 Å². The number of nitrogens with zero attached hydrogens (tertiary/aromatic N) is 1. The molecule has 1 aliphatic heterocycles. The van der Waals surface area contributed by atoms with Crippen LogP contribution in [-0.2, 0) is 20.7 Å². The second-order valence-corrected chi connectivity index (χ2v) is 7.45. The summed E-state index contributed by atoms with van der Waals surface area (Å²) in [5.74, 6) is -1.40. The summed E-state index contributed by atoms with van der Waals surface area (Å²) in [7, 11) is 0. The fraction of sp³-hybridized carbons (Fsp3) is 0.348. The van der Waals surface area contributed by atoms with Crippen LogP contribution < -0.4 is 10.2 Å². The van der Waals surface area contributed by atoms with Crippen molar-refractivity contribution < 1.29 is 19.1 Å². The van der Waals surface area contributed by atoms with Gasteiger partial charge in [0.2, 0.25) is 0 Å². The van der Waals surface area contributed by atoms with Crippen LogP contribution >= 0.6 is 0 Å². The minimum atomic E-state index is -0.829. The number of para-hydroxylation sites is 1. The Hall–Kier alpha value is -3.15. The Labute approximate surface area is 170 Å². The minimum absolute atomic E-state index is 0.180. The van der Waals surface area contributed by atoms with Gasteiger partial charge in [0.15, 0.2) is 6.61 Å². The highest BCUT2D eigenvalue weighted by molar-refractivity contribution is 5.98. The van der Waals surface area contributed by atoms with Gasteiger partial charge >= 0.3 is 5.97 Å². The fourth-order valence-corrected chi connectivity index (χ4v) is 3.41. The van der Waals surface area contributed by atoms with Crippen molar-refractivity contribution >= 4 is 23.5 Å². The summed E-state index contributed by atoms with van der Waals surface area (Å²) in [6, 6.07) is 15.6. The second-order valence-electron chi connectivity index (χ2n) is 7.45. The van der Waals surface area contributed by atoms with E-state index in [2.05, 4.69) is 5.32 Å². The largest absolute Gasteiger partial charge is 0.454 e. The average molecular weight is 394 g/mol. The van der Waals surface area contributed by atoms with Gasteiger partial charge in [0.25, 0.3) is 11.8 Å². The monoisotopic (exact) mass is 394 g/mol. The number of fused-ring (bicyclic) bond motifs is 1. The standard InChI is InChI=1S/C23H26N2O4/c1-16(2)21(24-22(27)18-10-4-3-5-11-18)23(28)29-15-20(26)25-14-8-12-17-9-6-7-13-19(17)25/h3-7,9-11,13,16,21H,8,12,14-15H2,1-2H3,(H,24,27)/t21-/m1/s1. The normalized spacial score (nSPS) is 14.1. The van der Waals surface area contributed by atoms with Crippen molar-refractivity contribution in [3.05, 3.63) is 65.7 Å². The van der Waals surface area contributed by atoms with Gasteiger partial charge in [0.1, 0.15) is 6.04 Å². The Morgan fingerprint density at radius 3 is 2.45 bits per heavy atom. The van der Waals surface area contributed by atoms with Crippen LogP contribution in [0.5, 0.6) is 0 Å². The Morgan fingerprint density at radius 1 is 1.03 bits per heavy atom. The molecule has 0 fully saturated rings. The Balaban J connectivity index is 1.61. The second kappa shape index (κ2) is 9.37. The van der Waals surface area contributed by atoms with Gasteiger partial charge in [-0.15, -0.1) is 0 Å². The van der Waals surface area contributed by atoms with Gasteiger partial charge in [0.05, 0.1) is 0 Å². The molecule has 1 atom stereocenters. The molecular weight excluding hydrogens is 368 g/mol. The number of amides is 2. The number of nitrogens with one attached hydrogen (secondary N) is 1. The summed E-state index contributed by atoms with van der Waals surface area (Å²) in [6.45, 7) is 3.89. The van der Waals surface area contributed by atoms with Gasteiger partial charge in [-0.1, -0.05) is 50.2 Å². The molecular formula is C23H26N2O4. The first-order chi connectivity index (χ1) is 14.0. The van der Waals surface area contributed by atoms with Crippen molar-refractivity contribution in [2.24, 2.45) is 5.92 Å².